The van der Waals surface area contributed by atoms with Crippen LogP contribution in [0.2, 0.25) is 0 Å². The molecule has 0 aliphatic carbocycles. The Hall–Kier alpha value is -3.86. The zero-order valence-electron chi connectivity index (χ0n) is 22.0. The lowest BCUT2D eigenvalue weighted by Gasteiger charge is -2.27. The molecule has 0 bridgehead atoms. The summed E-state index contributed by atoms with van der Waals surface area (Å²) in [5.74, 6) is -0.370. The van der Waals surface area contributed by atoms with E-state index in [1.165, 1.54) is 4.90 Å². The summed E-state index contributed by atoms with van der Waals surface area (Å²) in [7, 11) is 0. The molecule has 1 N–H and O–H groups in total. The Kier molecular flexibility index (Phi) is 6.18. The second kappa shape index (κ2) is 9.22. The molecule has 3 aromatic carbocycles. The molecule has 1 atom stereocenters. The number of carbonyl (C=O) groups excluding carboxylic acids is 2. The first kappa shape index (κ1) is 24.8. The highest BCUT2D eigenvalue weighted by atomic mass is 16.5. The summed E-state index contributed by atoms with van der Waals surface area (Å²) < 4.78 is 5.60. The molecule has 5 nitrogen and oxygen atoms in total. The minimum Gasteiger partial charge on any atom is -0.507 e. The largest absolute Gasteiger partial charge is 0.507 e. The summed E-state index contributed by atoms with van der Waals surface area (Å²) in [5, 5.41) is 11.5. The van der Waals surface area contributed by atoms with E-state index < -0.39 is 17.7 Å². The number of fused-ring (bicyclic) bond motifs is 1. The van der Waals surface area contributed by atoms with Gasteiger partial charge in [0.15, 0.2) is 0 Å². The zero-order chi connectivity index (χ0) is 26.5. The molecule has 0 spiro atoms. The van der Waals surface area contributed by atoms with Gasteiger partial charge in [0.25, 0.3) is 11.7 Å². The van der Waals surface area contributed by atoms with Gasteiger partial charge >= 0.3 is 0 Å². The third kappa shape index (κ3) is 4.43. The monoisotopic (exact) mass is 495 g/mol. The maximum Gasteiger partial charge on any atom is 0.300 e. The lowest BCUT2D eigenvalue weighted by atomic mass is 9.85. The van der Waals surface area contributed by atoms with E-state index in [-0.39, 0.29) is 16.7 Å². The van der Waals surface area contributed by atoms with E-state index in [9.17, 15) is 14.7 Å². The number of benzene rings is 3. The summed E-state index contributed by atoms with van der Waals surface area (Å²) in [6.07, 6.45) is 0.741. The van der Waals surface area contributed by atoms with Gasteiger partial charge in [0.05, 0.1) is 18.2 Å². The van der Waals surface area contributed by atoms with Gasteiger partial charge in [-0.2, -0.15) is 0 Å². The average molecular weight is 496 g/mol. The SMILES string of the molecule is CC(C)c1ccc(N2C(=O)C(=O)/C(=C(\O)c3ccc4c(c3)CCO4)C2c2ccc(C(C)(C)C)cc2)cc1. The fourth-order valence-corrected chi connectivity index (χ4v) is 5.09. The van der Waals surface area contributed by atoms with Crippen LogP contribution in [0.4, 0.5) is 5.69 Å². The molecule has 3 aromatic rings. The Bertz CT molecular complexity index is 1390. The molecule has 5 heteroatoms. The van der Waals surface area contributed by atoms with Crippen LogP contribution < -0.4 is 9.64 Å². The highest BCUT2D eigenvalue weighted by Crippen LogP contribution is 2.43. The highest BCUT2D eigenvalue weighted by Gasteiger charge is 2.47. The number of aliphatic hydroxyl groups is 1. The molecule has 0 radical (unpaired) electrons. The maximum absolute atomic E-state index is 13.5. The van der Waals surface area contributed by atoms with Crippen molar-refractivity contribution in [1.82, 2.24) is 0 Å². The first-order valence-electron chi connectivity index (χ1n) is 12.8. The van der Waals surface area contributed by atoms with Crippen molar-refractivity contribution in [3.63, 3.8) is 0 Å². The second-order valence-corrected chi connectivity index (χ2v) is 11.2. The van der Waals surface area contributed by atoms with Crippen molar-refractivity contribution >= 4 is 23.1 Å². The van der Waals surface area contributed by atoms with E-state index >= 15 is 0 Å². The normalized spacial score (nSPS) is 18.9. The standard InChI is InChI=1S/C32H33NO4/c1-19(2)20-8-13-25(14-9-20)33-28(21-6-11-24(12-7-21)32(3,4)5)27(30(35)31(33)36)29(34)23-10-15-26-22(18-23)16-17-37-26/h6-15,18-19,28,34H,16-17H2,1-5H3/b29-27-. The van der Waals surface area contributed by atoms with Gasteiger partial charge in [0, 0.05) is 17.7 Å². The van der Waals surface area contributed by atoms with E-state index in [0.29, 0.717) is 23.8 Å². The van der Waals surface area contributed by atoms with E-state index in [1.807, 2.05) is 60.7 Å². The van der Waals surface area contributed by atoms with Gasteiger partial charge in [-0.25, -0.2) is 0 Å². The van der Waals surface area contributed by atoms with Crippen LogP contribution >= 0.6 is 0 Å². The van der Waals surface area contributed by atoms with Gasteiger partial charge in [-0.3, -0.25) is 14.5 Å². The summed E-state index contributed by atoms with van der Waals surface area (Å²) >= 11 is 0. The van der Waals surface area contributed by atoms with E-state index in [2.05, 4.69) is 34.6 Å². The average Bonchev–Trinajstić information content (AvgIpc) is 3.45. The number of hydrogen-bond acceptors (Lipinski definition) is 4. The third-order valence-electron chi connectivity index (χ3n) is 7.34. The molecule has 1 amide bonds. The van der Waals surface area contributed by atoms with Gasteiger partial charge in [-0.1, -0.05) is 71.0 Å². The Morgan fingerprint density at radius 3 is 2.27 bits per heavy atom. The molecule has 0 aromatic heterocycles. The number of aliphatic hydroxyl groups excluding tert-OH is 1. The van der Waals surface area contributed by atoms with E-state index in [4.69, 9.17) is 4.74 Å². The molecule has 5 rings (SSSR count). The molecule has 0 saturated carbocycles. The van der Waals surface area contributed by atoms with Crippen molar-refractivity contribution in [2.75, 3.05) is 11.5 Å². The summed E-state index contributed by atoms with van der Waals surface area (Å²) in [5.41, 5.74) is 5.23. The van der Waals surface area contributed by atoms with E-state index in [0.717, 1.165) is 34.4 Å². The predicted octanol–water partition coefficient (Wildman–Crippen LogP) is 6.67. The molecular weight excluding hydrogens is 462 g/mol. The van der Waals surface area contributed by atoms with Crippen LogP contribution in [-0.2, 0) is 21.4 Å². The highest BCUT2D eigenvalue weighted by molar-refractivity contribution is 6.51. The second-order valence-electron chi connectivity index (χ2n) is 11.2. The number of amides is 1. The number of carbonyl (C=O) groups is 2. The fraction of sp³-hybridized carbons (Fsp3) is 0.312. The number of nitrogens with zero attached hydrogens (tertiary/aromatic N) is 1. The van der Waals surface area contributed by atoms with Gasteiger partial charge in [0.2, 0.25) is 0 Å². The van der Waals surface area contributed by atoms with Crippen LogP contribution in [0, 0.1) is 0 Å². The topological polar surface area (TPSA) is 66.8 Å². The Balaban J connectivity index is 1.67. The Morgan fingerprint density at radius 2 is 1.65 bits per heavy atom. The van der Waals surface area contributed by atoms with Crippen LogP contribution in [-0.4, -0.2) is 23.4 Å². The van der Waals surface area contributed by atoms with Crippen molar-refractivity contribution in [3.8, 4) is 5.75 Å². The van der Waals surface area contributed by atoms with Crippen molar-refractivity contribution < 1.29 is 19.4 Å². The third-order valence-corrected chi connectivity index (χ3v) is 7.34. The lowest BCUT2D eigenvalue weighted by Crippen LogP contribution is -2.29. The van der Waals surface area contributed by atoms with Crippen LogP contribution in [0.5, 0.6) is 5.75 Å². The minimum absolute atomic E-state index is 0.0422. The lowest BCUT2D eigenvalue weighted by molar-refractivity contribution is -0.132. The van der Waals surface area contributed by atoms with Crippen molar-refractivity contribution in [2.45, 2.75) is 58.4 Å². The number of hydrogen-bond donors (Lipinski definition) is 1. The smallest absolute Gasteiger partial charge is 0.300 e. The van der Waals surface area contributed by atoms with Gasteiger partial charge in [-0.05, 0) is 63.9 Å². The maximum atomic E-state index is 13.5. The quantitative estimate of drug-likeness (QED) is 0.249. The van der Waals surface area contributed by atoms with Gasteiger partial charge in [-0.15, -0.1) is 0 Å². The van der Waals surface area contributed by atoms with Crippen LogP contribution in [0.3, 0.4) is 0 Å². The summed E-state index contributed by atoms with van der Waals surface area (Å²) in [6, 6.07) is 20.4. The van der Waals surface area contributed by atoms with Crippen molar-refractivity contribution in [1.29, 1.82) is 0 Å². The van der Waals surface area contributed by atoms with Crippen molar-refractivity contribution in [3.05, 3.63) is 100 Å². The number of Topliss-reactive ketones (excluding diaryl/α,β-unsaturated/α-hetero) is 1. The zero-order valence-corrected chi connectivity index (χ0v) is 22.0. The van der Waals surface area contributed by atoms with Crippen LogP contribution in [0.15, 0.2) is 72.3 Å². The van der Waals surface area contributed by atoms with Gasteiger partial charge < -0.3 is 9.84 Å². The number of ketones is 1. The molecule has 1 unspecified atom stereocenters. The molecule has 1 saturated heterocycles. The Labute approximate surface area is 218 Å². The molecule has 2 heterocycles. The predicted molar refractivity (Wildman–Crippen MR) is 146 cm³/mol. The molecule has 2 aliphatic rings. The number of anilines is 1. The summed E-state index contributed by atoms with van der Waals surface area (Å²) in [6.45, 7) is 11.2. The Morgan fingerprint density at radius 1 is 0.973 bits per heavy atom. The molecule has 37 heavy (non-hydrogen) atoms. The first-order valence-corrected chi connectivity index (χ1v) is 12.8. The minimum atomic E-state index is -0.747. The van der Waals surface area contributed by atoms with Crippen LogP contribution in [0.1, 0.15) is 74.4 Å². The van der Waals surface area contributed by atoms with Gasteiger partial charge in [0.1, 0.15) is 11.5 Å². The number of rotatable bonds is 4. The molecule has 190 valence electrons. The number of ether oxygens (including phenoxy) is 1. The molecular formula is C32H33NO4. The molecule has 1 fully saturated rings. The first-order chi connectivity index (χ1) is 17.6. The van der Waals surface area contributed by atoms with Crippen LogP contribution in [0.25, 0.3) is 5.76 Å². The summed E-state index contributed by atoms with van der Waals surface area (Å²) in [4.78, 5) is 28.5. The molecule has 2 aliphatic heterocycles. The fourth-order valence-electron chi connectivity index (χ4n) is 5.09. The van der Waals surface area contributed by atoms with Crippen molar-refractivity contribution in [2.24, 2.45) is 0 Å². The van der Waals surface area contributed by atoms with E-state index in [1.54, 1.807) is 6.07 Å².